The van der Waals surface area contributed by atoms with Crippen molar-refractivity contribution in [2.75, 3.05) is 0 Å². The molecular formula is C12H10ClN3O. The van der Waals surface area contributed by atoms with Gasteiger partial charge in [0.1, 0.15) is 17.3 Å². The van der Waals surface area contributed by atoms with Crippen LogP contribution in [0.15, 0.2) is 42.6 Å². The van der Waals surface area contributed by atoms with Crippen LogP contribution in [0.1, 0.15) is 5.69 Å². The number of nitrogen functional groups attached to an aromatic ring is 1. The summed E-state index contributed by atoms with van der Waals surface area (Å²) in [6.07, 6.45) is 1.55. The van der Waals surface area contributed by atoms with Crippen molar-refractivity contribution in [3.63, 3.8) is 0 Å². The third-order valence-electron chi connectivity index (χ3n) is 2.08. The van der Waals surface area contributed by atoms with Gasteiger partial charge in [-0.1, -0.05) is 23.7 Å². The van der Waals surface area contributed by atoms with E-state index < -0.39 is 0 Å². The topological polar surface area (TPSA) is 72.0 Å². The number of nitrogens with zero attached hydrogens (tertiary/aromatic N) is 1. The minimum atomic E-state index is -0.146. The van der Waals surface area contributed by atoms with Gasteiger partial charge in [-0.15, -0.1) is 0 Å². The third kappa shape index (κ3) is 2.54. The molecule has 2 rings (SSSR count). The molecule has 1 aromatic carbocycles. The fourth-order valence-corrected chi connectivity index (χ4v) is 1.50. The number of hydrogen-bond donors (Lipinski definition) is 2. The van der Waals surface area contributed by atoms with E-state index in [0.29, 0.717) is 22.2 Å². The average Bonchev–Trinajstić information content (AvgIpc) is 2.32. The van der Waals surface area contributed by atoms with E-state index in [1.807, 2.05) is 12.1 Å². The standard InChI is InChI=1S/C12H10ClN3O/c13-8-4-1-2-5-9(8)17-10-6-3-7-16-11(10)12(14)15/h1-7H,(H3,14,15). The Morgan fingerprint density at radius 2 is 1.88 bits per heavy atom. The molecule has 17 heavy (non-hydrogen) atoms. The van der Waals surface area contributed by atoms with E-state index in [1.165, 1.54) is 0 Å². The molecule has 0 amide bonds. The highest BCUT2D eigenvalue weighted by atomic mass is 35.5. The predicted molar refractivity (Wildman–Crippen MR) is 66.8 cm³/mol. The summed E-state index contributed by atoms with van der Waals surface area (Å²) in [5.74, 6) is 0.769. The molecule has 0 aliphatic heterocycles. The van der Waals surface area contributed by atoms with Crippen LogP contribution >= 0.6 is 11.6 Å². The Hall–Kier alpha value is -2.07. The summed E-state index contributed by atoms with van der Waals surface area (Å²) in [6.45, 7) is 0. The summed E-state index contributed by atoms with van der Waals surface area (Å²) >= 11 is 5.98. The minimum absolute atomic E-state index is 0.146. The van der Waals surface area contributed by atoms with Crippen molar-refractivity contribution in [1.82, 2.24) is 4.98 Å². The highest BCUT2D eigenvalue weighted by molar-refractivity contribution is 6.32. The molecule has 3 N–H and O–H groups in total. The van der Waals surface area contributed by atoms with Gasteiger partial charge < -0.3 is 10.5 Å². The molecular weight excluding hydrogens is 238 g/mol. The van der Waals surface area contributed by atoms with Gasteiger partial charge >= 0.3 is 0 Å². The van der Waals surface area contributed by atoms with Crippen molar-refractivity contribution in [2.24, 2.45) is 5.73 Å². The maximum atomic E-state index is 7.40. The normalized spacial score (nSPS) is 9.94. The molecule has 1 heterocycles. The number of benzene rings is 1. The molecule has 0 aliphatic carbocycles. The predicted octanol–water partition coefficient (Wildman–Crippen LogP) is 2.81. The van der Waals surface area contributed by atoms with E-state index >= 15 is 0 Å². The van der Waals surface area contributed by atoms with Crippen LogP contribution in [0, 0.1) is 5.41 Å². The Kier molecular flexibility index (Phi) is 3.25. The fraction of sp³-hybridized carbons (Fsp3) is 0. The Labute approximate surface area is 104 Å². The van der Waals surface area contributed by atoms with E-state index in [1.54, 1.807) is 30.5 Å². The van der Waals surface area contributed by atoms with Crippen molar-refractivity contribution in [2.45, 2.75) is 0 Å². The Morgan fingerprint density at radius 3 is 2.59 bits per heavy atom. The first-order chi connectivity index (χ1) is 8.18. The number of amidine groups is 1. The number of nitrogens with two attached hydrogens (primary N) is 1. The zero-order valence-electron chi connectivity index (χ0n) is 8.85. The SMILES string of the molecule is N=C(N)c1ncccc1Oc1ccccc1Cl. The molecule has 86 valence electrons. The smallest absolute Gasteiger partial charge is 0.156 e. The van der Waals surface area contributed by atoms with Crippen LogP contribution in [0.5, 0.6) is 11.5 Å². The average molecular weight is 248 g/mol. The maximum absolute atomic E-state index is 7.40. The summed E-state index contributed by atoms with van der Waals surface area (Å²) < 4.78 is 5.59. The highest BCUT2D eigenvalue weighted by Crippen LogP contribution is 2.29. The number of ether oxygens (including phenoxy) is 1. The number of halogens is 1. The van der Waals surface area contributed by atoms with Gasteiger partial charge in [0.25, 0.3) is 0 Å². The second-order valence-electron chi connectivity index (χ2n) is 3.30. The van der Waals surface area contributed by atoms with Crippen LogP contribution in [-0.4, -0.2) is 10.8 Å². The van der Waals surface area contributed by atoms with E-state index in [9.17, 15) is 0 Å². The number of hydrogen-bond acceptors (Lipinski definition) is 3. The van der Waals surface area contributed by atoms with Gasteiger partial charge in [0.2, 0.25) is 0 Å². The molecule has 0 bridgehead atoms. The van der Waals surface area contributed by atoms with E-state index in [-0.39, 0.29) is 5.84 Å². The first-order valence-electron chi connectivity index (χ1n) is 4.90. The molecule has 0 fully saturated rings. The van der Waals surface area contributed by atoms with Gasteiger partial charge in [0.15, 0.2) is 5.75 Å². The van der Waals surface area contributed by atoms with Gasteiger partial charge in [-0.05, 0) is 24.3 Å². The number of para-hydroxylation sites is 1. The lowest BCUT2D eigenvalue weighted by molar-refractivity contribution is 0.479. The molecule has 0 saturated carbocycles. The second kappa shape index (κ2) is 4.84. The van der Waals surface area contributed by atoms with E-state index in [2.05, 4.69) is 4.98 Å². The summed E-state index contributed by atoms with van der Waals surface area (Å²) in [7, 11) is 0. The molecule has 0 saturated heterocycles. The Morgan fingerprint density at radius 1 is 1.18 bits per heavy atom. The van der Waals surface area contributed by atoms with Crippen molar-refractivity contribution in [3.8, 4) is 11.5 Å². The van der Waals surface area contributed by atoms with Gasteiger partial charge in [-0.25, -0.2) is 4.98 Å². The van der Waals surface area contributed by atoms with Crippen molar-refractivity contribution in [3.05, 3.63) is 53.3 Å². The van der Waals surface area contributed by atoms with Crippen LogP contribution in [0.4, 0.5) is 0 Å². The van der Waals surface area contributed by atoms with Crippen molar-refractivity contribution in [1.29, 1.82) is 5.41 Å². The van der Waals surface area contributed by atoms with Crippen LogP contribution in [-0.2, 0) is 0 Å². The largest absolute Gasteiger partial charge is 0.453 e. The molecule has 0 aliphatic rings. The first kappa shape index (κ1) is 11.4. The van der Waals surface area contributed by atoms with Crippen molar-refractivity contribution >= 4 is 17.4 Å². The molecule has 0 radical (unpaired) electrons. The number of pyridine rings is 1. The molecule has 0 atom stereocenters. The van der Waals surface area contributed by atoms with Gasteiger partial charge in [0.05, 0.1) is 5.02 Å². The third-order valence-corrected chi connectivity index (χ3v) is 2.39. The fourth-order valence-electron chi connectivity index (χ4n) is 1.32. The van der Waals surface area contributed by atoms with Crippen LogP contribution in [0.25, 0.3) is 0 Å². The zero-order chi connectivity index (χ0) is 12.3. The Balaban J connectivity index is 2.37. The van der Waals surface area contributed by atoms with E-state index in [0.717, 1.165) is 0 Å². The van der Waals surface area contributed by atoms with Gasteiger partial charge in [-0.2, -0.15) is 0 Å². The number of nitrogens with one attached hydrogen (secondary N) is 1. The molecule has 0 spiro atoms. The lowest BCUT2D eigenvalue weighted by atomic mass is 10.3. The highest BCUT2D eigenvalue weighted by Gasteiger charge is 2.09. The van der Waals surface area contributed by atoms with E-state index in [4.69, 9.17) is 27.5 Å². The van der Waals surface area contributed by atoms with Crippen LogP contribution in [0.3, 0.4) is 0 Å². The van der Waals surface area contributed by atoms with Gasteiger partial charge in [0, 0.05) is 6.20 Å². The monoisotopic (exact) mass is 247 g/mol. The number of aromatic nitrogens is 1. The summed E-state index contributed by atoms with van der Waals surface area (Å²) in [5.41, 5.74) is 5.71. The Bertz CT molecular complexity index is 557. The summed E-state index contributed by atoms with van der Waals surface area (Å²) in [5, 5.41) is 7.89. The molecule has 5 heteroatoms. The number of rotatable bonds is 3. The second-order valence-corrected chi connectivity index (χ2v) is 3.70. The maximum Gasteiger partial charge on any atom is 0.156 e. The zero-order valence-corrected chi connectivity index (χ0v) is 9.61. The van der Waals surface area contributed by atoms with Gasteiger partial charge in [-0.3, -0.25) is 5.41 Å². The summed E-state index contributed by atoms with van der Waals surface area (Å²) in [4.78, 5) is 3.99. The van der Waals surface area contributed by atoms with Crippen LogP contribution in [0.2, 0.25) is 5.02 Å². The molecule has 0 unspecified atom stereocenters. The molecule has 2 aromatic rings. The molecule has 1 aromatic heterocycles. The minimum Gasteiger partial charge on any atom is -0.453 e. The lowest BCUT2D eigenvalue weighted by Gasteiger charge is -2.09. The first-order valence-corrected chi connectivity index (χ1v) is 5.28. The molecule has 4 nitrogen and oxygen atoms in total. The van der Waals surface area contributed by atoms with Crippen LogP contribution < -0.4 is 10.5 Å². The quantitative estimate of drug-likeness (QED) is 0.647. The summed E-state index contributed by atoms with van der Waals surface area (Å²) in [6, 6.07) is 10.5. The lowest BCUT2D eigenvalue weighted by Crippen LogP contribution is -2.14. The van der Waals surface area contributed by atoms with Crippen molar-refractivity contribution < 1.29 is 4.74 Å².